The summed E-state index contributed by atoms with van der Waals surface area (Å²) in [6, 6.07) is 17.4. The third kappa shape index (κ3) is 4.54. The number of allylic oxidation sites excluding steroid dienone is 2. The van der Waals surface area contributed by atoms with Crippen LogP contribution in [0.2, 0.25) is 0 Å². The van der Waals surface area contributed by atoms with E-state index in [1.165, 1.54) is 17.2 Å². The summed E-state index contributed by atoms with van der Waals surface area (Å²) in [6.07, 6.45) is 8.41. The Morgan fingerprint density at radius 1 is 1.00 bits per heavy atom. The Kier molecular flexibility index (Phi) is 5.93. The van der Waals surface area contributed by atoms with Crippen LogP contribution in [0.3, 0.4) is 0 Å². The first kappa shape index (κ1) is 20.7. The van der Waals surface area contributed by atoms with E-state index in [1.54, 1.807) is 0 Å². The zero-order valence-corrected chi connectivity index (χ0v) is 18.0. The van der Waals surface area contributed by atoms with Gasteiger partial charge in [0.1, 0.15) is 18.6 Å². The van der Waals surface area contributed by atoms with Crippen molar-refractivity contribution in [3.05, 3.63) is 99.4 Å². The SMILES string of the molecule is O=c1ccc2c(CC(O)NC3CC4=C(CC=CC4)C3)ccc(OCc3ccccc3)c2[nH]1. The van der Waals surface area contributed by atoms with Gasteiger partial charge in [0.2, 0.25) is 5.56 Å². The number of aromatic amines is 1. The second-order valence-electron chi connectivity index (χ2n) is 8.69. The number of fused-ring (bicyclic) bond motifs is 1. The summed E-state index contributed by atoms with van der Waals surface area (Å²) in [5.74, 6) is 0.632. The van der Waals surface area contributed by atoms with Crippen LogP contribution in [0.5, 0.6) is 5.75 Å². The molecule has 0 amide bonds. The molecular formula is C27H28N2O3. The molecule has 1 unspecified atom stereocenters. The summed E-state index contributed by atoms with van der Waals surface area (Å²) >= 11 is 0. The topological polar surface area (TPSA) is 74.3 Å². The molecule has 0 spiro atoms. The molecule has 3 N–H and O–H groups in total. The van der Waals surface area contributed by atoms with Crippen molar-refractivity contribution in [2.24, 2.45) is 0 Å². The number of rotatable bonds is 7. The molecule has 0 aliphatic heterocycles. The highest BCUT2D eigenvalue weighted by molar-refractivity contribution is 5.87. The molecule has 1 aromatic heterocycles. The fraction of sp³-hybridized carbons (Fsp3) is 0.296. The standard InChI is InChI=1S/C27H28N2O3/c30-25-13-11-23-21(16-26(31)28-22-14-19-8-4-5-9-20(19)15-22)10-12-24(27(23)29-25)32-17-18-6-2-1-3-7-18/h1-7,10-13,22,26,28,31H,8-9,14-17H2,(H,29,30). The van der Waals surface area contributed by atoms with E-state index in [1.807, 2.05) is 48.5 Å². The van der Waals surface area contributed by atoms with Gasteiger partial charge in [0.15, 0.2) is 0 Å². The zero-order valence-electron chi connectivity index (χ0n) is 18.0. The average Bonchev–Trinajstić information content (AvgIpc) is 3.21. The van der Waals surface area contributed by atoms with Gasteiger partial charge in [-0.3, -0.25) is 10.1 Å². The molecule has 0 fully saturated rings. The lowest BCUT2D eigenvalue weighted by Crippen LogP contribution is -2.38. The molecular weight excluding hydrogens is 400 g/mol. The molecule has 2 aliphatic rings. The van der Waals surface area contributed by atoms with Crippen molar-refractivity contribution in [2.75, 3.05) is 0 Å². The fourth-order valence-corrected chi connectivity index (χ4v) is 4.84. The number of hydrogen-bond acceptors (Lipinski definition) is 4. The lowest BCUT2D eigenvalue weighted by molar-refractivity contribution is 0.123. The summed E-state index contributed by atoms with van der Waals surface area (Å²) in [7, 11) is 0. The van der Waals surface area contributed by atoms with Crippen LogP contribution in [0, 0.1) is 0 Å². The van der Waals surface area contributed by atoms with Gasteiger partial charge in [-0.1, -0.05) is 59.7 Å². The molecule has 1 atom stereocenters. The van der Waals surface area contributed by atoms with Crippen LogP contribution >= 0.6 is 0 Å². The molecule has 2 aliphatic carbocycles. The number of H-pyrrole nitrogens is 1. The van der Waals surface area contributed by atoms with Crippen LogP contribution in [0.25, 0.3) is 10.9 Å². The Labute approximate surface area is 187 Å². The molecule has 2 aromatic carbocycles. The van der Waals surface area contributed by atoms with E-state index in [0.29, 0.717) is 24.3 Å². The van der Waals surface area contributed by atoms with Gasteiger partial charge < -0.3 is 14.8 Å². The molecule has 0 bridgehead atoms. The average molecular weight is 429 g/mol. The van der Waals surface area contributed by atoms with E-state index >= 15 is 0 Å². The maximum atomic E-state index is 12.0. The molecule has 3 aromatic rings. The Hall–Kier alpha value is -3.15. The third-order valence-electron chi connectivity index (χ3n) is 6.41. The second-order valence-corrected chi connectivity index (χ2v) is 8.69. The number of aliphatic hydroxyl groups is 1. The number of pyridine rings is 1. The number of aromatic nitrogens is 1. The van der Waals surface area contributed by atoms with Crippen LogP contribution in [0.1, 0.15) is 36.8 Å². The summed E-state index contributed by atoms with van der Waals surface area (Å²) in [6.45, 7) is 0.421. The quantitative estimate of drug-likeness (QED) is 0.386. The summed E-state index contributed by atoms with van der Waals surface area (Å²) in [5, 5.41) is 15.1. The number of benzene rings is 2. The van der Waals surface area contributed by atoms with Gasteiger partial charge in [0, 0.05) is 23.9 Å². The van der Waals surface area contributed by atoms with Gasteiger partial charge in [0.25, 0.3) is 0 Å². The van der Waals surface area contributed by atoms with Crippen LogP contribution in [0.15, 0.2) is 82.7 Å². The molecule has 5 nitrogen and oxygen atoms in total. The summed E-state index contributed by atoms with van der Waals surface area (Å²) < 4.78 is 6.02. The van der Waals surface area contributed by atoms with Crippen molar-refractivity contribution in [1.29, 1.82) is 0 Å². The van der Waals surface area contributed by atoms with E-state index in [2.05, 4.69) is 22.5 Å². The van der Waals surface area contributed by atoms with Gasteiger partial charge in [-0.15, -0.1) is 0 Å². The lowest BCUT2D eigenvalue weighted by Gasteiger charge is -2.20. The minimum Gasteiger partial charge on any atom is -0.487 e. The van der Waals surface area contributed by atoms with Crippen molar-refractivity contribution in [3.63, 3.8) is 0 Å². The summed E-state index contributed by atoms with van der Waals surface area (Å²) in [5.41, 5.74) is 5.59. The molecule has 0 saturated heterocycles. The number of ether oxygens (including phenoxy) is 1. The minimum absolute atomic E-state index is 0.172. The maximum absolute atomic E-state index is 12.0. The van der Waals surface area contributed by atoms with Gasteiger partial charge in [-0.05, 0) is 48.9 Å². The number of nitrogens with one attached hydrogen (secondary N) is 2. The van der Waals surface area contributed by atoms with Crippen LogP contribution in [-0.4, -0.2) is 22.4 Å². The minimum atomic E-state index is -0.652. The fourth-order valence-electron chi connectivity index (χ4n) is 4.84. The predicted molar refractivity (Wildman–Crippen MR) is 127 cm³/mol. The highest BCUT2D eigenvalue weighted by Gasteiger charge is 2.25. The van der Waals surface area contributed by atoms with Crippen molar-refractivity contribution >= 4 is 10.9 Å². The van der Waals surface area contributed by atoms with Crippen LogP contribution in [0.4, 0.5) is 0 Å². The molecule has 1 heterocycles. The molecule has 164 valence electrons. The second kappa shape index (κ2) is 9.15. The first-order valence-corrected chi connectivity index (χ1v) is 11.3. The number of hydrogen-bond donors (Lipinski definition) is 3. The Bertz CT molecular complexity index is 1210. The van der Waals surface area contributed by atoms with Gasteiger partial charge in [-0.25, -0.2) is 0 Å². The Balaban J connectivity index is 1.30. The third-order valence-corrected chi connectivity index (χ3v) is 6.41. The summed E-state index contributed by atoms with van der Waals surface area (Å²) in [4.78, 5) is 14.9. The maximum Gasteiger partial charge on any atom is 0.248 e. The van der Waals surface area contributed by atoms with Gasteiger partial charge >= 0.3 is 0 Å². The van der Waals surface area contributed by atoms with E-state index < -0.39 is 6.23 Å². The highest BCUT2D eigenvalue weighted by atomic mass is 16.5. The molecule has 5 heteroatoms. The van der Waals surface area contributed by atoms with E-state index in [9.17, 15) is 9.90 Å². The highest BCUT2D eigenvalue weighted by Crippen LogP contribution is 2.34. The van der Waals surface area contributed by atoms with Crippen molar-refractivity contribution in [2.45, 2.75) is 51.0 Å². The normalized spacial score (nSPS) is 17.0. The van der Waals surface area contributed by atoms with E-state index in [0.717, 1.165) is 42.2 Å². The lowest BCUT2D eigenvalue weighted by atomic mass is 10.0. The van der Waals surface area contributed by atoms with E-state index in [-0.39, 0.29) is 11.6 Å². The molecule has 32 heavy (non-hydrogen) atoms. The van der Waals surface area contributed by atoms with Gasteiger partial charge in [-0.2, -0.15) is 0 Å². The van der Waals surface area contributed by atoms with Crippen molar-refractivity contribution < 1.29 is 9.84 Å². The molecule has 0 radical (unpaired) electrons. The molecule has 0 saturated carbocycles. The first-order valence-electron chi connectivity index (χ1n) is 11.3. The molecule has 5 rings (SSSR count). The monoisotopic (exact) mass is 428 g/mol. The smallest absolute Gasteiger partial charge is 0.248 e. The van der Waals surface area contributed by atoms with Gasteiger partial charge in [0.05, 0.1) is 5.52 Å². The zero-order chi connectivity index (χ0) is 21.9. The van der Waals surface area contributed by atoms with Crippen molar-refractivity contribution in [3.8, 4) is 5.75 Å². The first-order chi connectivity index (χ1) is 15.7. The van der Waals surface area contributed by atoms with Crippen LogP contribution in [-0.2, 0) is 13.0 Å². The van der Waals surface area contributed by atoms with Crippen LogP contribution < -0.4 is 15.6 Å². The number of aliphatic hydroxyl groups excluding tert-OH is 1. The Morgan fingerprint density at radius 2 is 1.75 bits per heavy atom. The Morgan fingerprint density at radius 3 is 2.50 bits per heavy atom. The van der Waals surface area contributed by atoms with E-state index in [4.69, 9.17) is 4.74 Å². The largest absolute Gasteiger partial charge is 0.487 e. The van der Waals surface area contributed by atoms with Crippen molar-refractivity contribution in [1.82, 2.24) is 10.3 Å². The predicted octanol–water partition coefficient (Wildman–Crippen LogP) is 4.37.